The lowest BCUT2D eigenvalue weighted by molar-refractivity contribution is -0.137. The van der Waals surface area contributed by atoms with Crippen molar-refractivity contribution < 1.29 is 44.3 Å². The average molecular weight is 622 g/mol. The third kappa shape index (κ3) is 7.49. The fourth-order valence-electron chi connectivity index (χ4n) is 3.44. The van der Waals surface area contributed by atoms with Gasteiger partial charge in [0.05, 0.1) is 41.6 Å². The molecule has 0 saturated heterocycles. The van der Waals surface area contributed by atoms with E-state index in [1.165, 1.54) is 38.5 Å². The van der Waals surface area contributed by atoms with E-state index < -0.39 is 49.3 Å². The molecule has 1 amide bonds. The molecular formula is C24H23ClF3N3O7S2. The second kappa shape index (κ2) is 11.8. The lowest BCUT2D eigenvalue weighted by atomic mass is 10.2. The summed E-state index contributed by atoms with van der Waals surface area (Å²) >= 11 is 5.57. The molecule has 40 heavy (non-hydrogen) atoms. The summed E-state index contributed by atoms with van der Waals surface area (Å²) in [5.74, 6) is -0.266. The fourth-order valence-corrected chi connectivity index (χ4v) is 5.57. The van der Waals surface area contributed by atoms with Gasteiger partial charge in [0.15, 0.2) is 0 Å². The van der Waals surface area contributed by atoms with Gasteiger partial charge in [-0.2, -0.15) is 13.2 Å². The summed E-state index contributed by atoms with van der Waals surface area (Å²) in [6.07, 6.45) is -3.88. The molecule has 0 aliphatic rings. The first-order valence-corrected chi connectivity index (χ1v) is 14.8. The van der Waals surface area contributed by atoms with Gasteiger partial charge in [-0.25, -0.2) is 16.8 Å². The van der Waals surface area contributed by atoms with Gasteiger partial charge in [0.25, 0.3) is 10.0 Å². The van der Waals surface area contributed by atoms with Crippen LogP contribution in [0.25, 0.3) is 0 Å². The predicted molar refractivity (Wildman–Crippen MR) is 144 cm³/mol. The number of nitrogens with one attached hydrogen (secondary N) is 2. The van der Waals surface area contributed by atoms with Crippen LogP contribution in [0.3, 0.4) is 0 Å². The highest BCUT2D eigenvalue weighted by Crippen LogP contribution is 2.37. The molecule has 0 aliphatic carbocycles. The molecule has 0 spiro atoms. The number of sulfonamides is 2. The Labute approximate surface area is 233 Å². The Morgan fingerprint density at radius 2 is 1.55 bits per heavy atom. The maximum Gasteiger partial charge on any atom is 0.417 e. The molecule has 0 aromatic heterocycles. The van der Waals surface area contributed by atoms with Crippen molar-refractivity contribution in [2.45, 2.75) is 11.1 Å². The van der Waals surface area contributed by atoms with E-state index in [-0.39, 0.29) is 27.7 Å². The summed E-state index contributed by atoms with van der Waals surface area (Å²) in [7, 11) is -5.55. The minimum atomic E-state index is -4.79. The molecule has 0 unspecified atom stereocenters. The normalized spacial score (nSPS) is 12.0. The Balaban J connectivity index is 1.78. The van der Waals surface area contributed by atoms with Gasteiger partial charge in [0, 0.05) is 17.4 Å². The number of carbonyl (C=O) groups is 1. The van der Waals surface area contributed by atoms with E-state index in [1.54, 1.807) is 6.07 Å². The molecule has 0 bridgehead atoms. The molecule has 2 N–H and O–H groups in total. The van der Waals surface area contributed by atoms with Crippen LogP contribution in [0.2, 0.25) is 5.02 Å². The number of hydrogen-bond acceptors (Lipinski definition) is 7. The number of carbonyl (C=O) groups excluding carboxylic acids is 1. The van der Waals surface area contributed by atoms with Gasteiger partial charge in [-0.3, -0.25) is 13.8 Å². The Hall–Kier alpha value is -3.69. The maximum atomic E-state index is 13.1. The Morgan fingerprint density at radius 1 is 0.925 bits per heavy atom. The van der Waals surface area contributed by atoms with Gasteiger partial charge in [0.1, 0.15) is 18.0 Å². The Bertz CT molecular complexity index is 1620. The molecular weight excluding hydrogens is 599 g/mol. The lowest BCUT2D eigenvalue weighted by Gasteiger charge is -2.24. The summed E-state index contributed by atoms with van der Waals surface area (Å²) in [6, 6.07) is 11.7. The maximum absolute atomic E-state index is 13.1. The average Bonchev–Trinajstić information content (AvgIpc) is 2.87. The van der Waals surface area contributed by atoms with E-state index in [0.29, 0.717) is 11.8 Å². The monoisotopic (exact) mass is 621 g/mol. The largest absolute Gasteiger partial charge is 0.497 e. The van der Waals surface area contributed by atoms with Crippen molar-refractivity contribution in [1.82, 2.24) is 0 Å². The molecule has 0 saturated carbocycles. The van der Waals surface area contributed by atoms with Crippen molar-refractivity contribution in [2.75, 3.05) is 41.4 Å². The zero-order valence-electron chi connectivity index (χ0n) is 21.1. The van der Waals surface area contributed by atoms with Crippen molar-refractivity contribution in [3.63, 3.8) is 0 Å². The minimum Gasteiger partial charge on any atom is -0.497 e. The molecule has 3 aromatic carbocycles. The third-order valence-electron chi connectivity index (χ3n) is 5.31. The zero-order chi connectivity index (χ0) is 29.9. The number of rotatable bonds is 10. The highest BCUT2D eigenvalue weighted by Gasteiger charge is 2.33. The molecule has 3 rings (SSSR count). The number of methoxy groups -OCH3 is 2. The minimum absolute atomic E-state index is 0.0582. The summed E-state index contributed by atoms with van der Waals surface area (Å²) in [6.45, 7) is -0.651. The molecule has 0 heterocycles. The van der Waals surface area contributed by atoms with E-state index in [9.17, 15) is 34.8 Å². The van der Waals surface area contributed by atoms with Crippen molar-refractivity contribution in [3.8, 4) is 11.5 Å². The van der Waals surface area contributed by atoms with Crippen molar-refractivity contribution in [1.29, 1.82) is 0 Å². The second-order valence-corrected chi connectivity index (χ2v) is 12.2. The van der Waals surface area contributed by atoms with Gasteiger partial charge in [-0.05, 0) is 54.6 Å². The van der Waals surface area contributed by atoms with E-state index in [4.69, 9.17) is 21.1 Å². The summed E-state index contributed by atoms with van der Waals surface area (Å²) in [5.41, 5.74) is -1.38. The highest BCUT2D eigenvalue weighted by molar-refractivity contribution is 7.92. The first-order chi connectivity index (χ1) is 18.5. The van der Waals surface area contributed by atoms with Crippen LogP contribution in [0.1, 0.15) is 5.56 Å². The molecule has 0 atom stereocenters. The van der Waals surface area contributed by atoms with Crippen LogP contribution in [0, 0.1) is 0 Å². The van der Waals surface area contributed by atoms with Gasteiger partial charge < -0.3 is 14.8 Å². The number of alkyl halides is 3. The lowest BCUT2D eigenvalue weighted by Crippen LogP contribution is -2.37. The number of ether oxygens (including phenoxy) is 2. The molecule has 0 radical (unpaired) electrons. The quantitative estimate of drug-likeness (QED) is 0.339. The van der Waals surface area contributed by atoms with E-state index in [2.05, 4.69) is 5.32 Å². The van der Waals surface area contributed by atoms with Gasteiger partial charge in [-0.15, -0.1) is 0 Å². The standard InChI is InChI=1S/C24H23ClF3N3O7S2/c1-37-17-7-11-22(38-2)21(13-17)31(39(3,33)34)14-23(32)29-15-4-8-18(9-5-15)40(35,36)30-16-6-10-20(25)19(12-16)24(26,27)28/h4-13,30H,14H2,1-3H3,(H,29,32). The number of nitrogens with zero attached hydrogens (tertiary/aromatic N) is 1. The SMILES string of the molecule is COc1ccc(OC)c(N(CC(=O)Nc2ccc(S(=O)(=O)Nc3ccc(Cl)c(C(F)(F)F)c3)cc2)S(C)(=O)=O)c1. The highest BCUT2D eigenvalue weighted by atomic mass is 35.5. The molecule has 16 heteroatoms. The van der Waals surface area contributed by atoms with Crippen molar-refractivity contribution >= 4 is 54.6 Å². The fraction of sp³-hybridized carbons (Fsp3) is 0.208. The first-order valence-electron chi connectivity index (χ1n) is 11.0. The molecule has 10 nitrogen and oxygen atoms in total. The van der Waals surface area contributed by atoms with Crippen LogP contribution in [-0.4, -0.2) is 49.8 Å². The van der Waals surface area contributed by atoms with E-state index in [1.807, 2.05) is 4.72 Å². The smallest absolute Gasteiger partial charge is 0.417 e. The van der Waals surface area contributed by atoms with Gasteiger partial charge in [-0.1, -0.05) is 11.6 Å². The Morgan fingerprint density at radius 3 is 2.10 bits per heavy atom. The summed E-state index contributed by atoms with van der Waals surface area (Å²) in [5, 5.41) is 1.88. The van der Waals surface area contributed by atoms with Crippen LogP contribution >= 0.6 is 11.6 Å². The zero-order valence-corrected chi connectivity index (χ0v) is 23.5. The third-order valence-corrected chi connectivity index (χ3v) is 8.17. The van der Waals surface area contributed by atoms with Crippen LogP contribution in [0.15, 0.2) is 65.6 Å². The van der Waals surface area contributed by atoms with Crippen LogP contribution < -0.4 is 23.8 Å². The summed E-state index contributed by atoms with van der Waals surface area (Å²) < 4.78 is 103. The van der Waals surface area contributed by atoms with Crippen molar-refractivity contribution in [3.05, 3.63) is 71.2 Å². The number of benzene rings is 3. The molecule has 216 valence electrons. The topological polar surface area (TPSA) is 131 Å². The van der Waals surface area contributed by atoms with Crippen LogP contribution in [-0.2, 0) is 31.0 Å². The number of amides is 1. The van der Waals surface area contributed by atoms with Gasteiger partial charge >= 0.3 is 6.18 Å². The van der Waals surface area contributed by atoms with Crippen molar-refractivity contribution in [2.24, 2.45) is 0 Å². The van der Waals surface area contributed by atoms with E-state index in [0.717, 1.165) is 34.8 Å². The van der Waals surface area contributed by atoms with Gasteiger partial charge in [0.2, 0.25) is 15.9 Å². The predicted octanol–water partition coefficient (Wildman–Crippen LogP) is 4.58. The van der Waals surface area contributed by atoms with E-state index >= 15 is 0 Å². The second-order valence-electron chi connectivity index (χ2n) is 8.18. The molecule has 0 fully saturated rings. The first kappa shape index (κ1) is 30.8. The van der Waals surface area contributed by atoms with Crippen LogP contribution in [0.4, 0.5) is 30.2 Å². The summed E-state index contributed by atoms with van der Waals surface area (Å²) in [4.78, 5) is 12.4. The van der Waals surface area contributed by atoms with Crippen LogP contribution in [0.5, 0.6) is 11.5 Å². The molecule has 0 aliphatic heterocycles. The number of anilines is 3. The number of hydrogen-bond donors (Lipinski definition) is 2. The molecule has 3 aromatic rings. The Kier molecular flexibility index (Phi) is 9.11. The number of halogens is 4.